The van der Waals surface area contributed by atoms with Crippen molar-refractivity contribution in [3.8, 4) is 0 Å². The maximum atomic E-state index is 12.2. The molecule has 0 radical (unpaired) electrons. The third-order valence-corrected chi connectivity index (χ3v) is 3.36. The summed E-state index contributed by atoms with van der Waals surface area (Å²) in [6.07, 6.45) is 0.300. The zero-order chi connectivity index (χ0) is 21.5. The molecule has 0 aromatic rings. The molecule has 0 aliphatic heterocycles. The van der Waals surface area contributed by atoms with Crippen LogP contribution in [0.4, 0.5) is 0 Å². The topological polar surface area (TPSA) is 103 Å². The van der Waals surface area contributed by atoms with Crippen molar-refractivity contribution in [3.63, 3.8) is 0 Å². The molecule has 4 N–H and O–H groups in total. The van der Waals surface area contributed by atoms with Crippen LogP contribution in [0.5, 0.6) is 0 Å². The molecule has 2 amide bonds. The van der Waals surface area contributed by atoms with Crippen LogP contribution in [-0.4, -0.2) is 53.9 Å². The Balaban J connectivity index is 4.59. The monoisotopic (exact) mass is 387 g/mol. The van der Waals surface area contributed by atoms with Crippen molar-refractivity contribution < 1.29 is 19.1 Å². The zero-order valence-corrected chi connectivity index (χ0v) is 18.7. The van der Waals surface area contributed by atoms with Gasteiger partial charge in [0.2, 0.25) is 11.8 Å². The molecule has 2 atom stereocenters. The summed E-state index contributed by atoms with van der Waals surface area (Å²) < 4.78 is 11.8. The quantitative estimate of drug-likeness (QED) is 0.533. The minimum Gasteiger partial charge on any atom is -0.373 e. The van der Waals surface area contributed by atoms with Gasteiger partial charge in [-0.15, -0.1) is 0 Å². The fraction of sp³-hybridized carbons (Fsp3) is 0.900. The molecule has 0 aromatic heterocycles. The lowest BCUT2D eigenvalue weighted by Crippen LogP contribution is -2.50. The van der Waals surface area contributed by atoms with Crippen LogP contribution >= 0.6 is 0 Å². The minimum atomic E-state index is -0.540. The van der Waals surface area contributed by atoms with Crippen molar-refractivity contribution in [2.24, 2.45) is 5.73 Å². The largest absolute Gasteiger partial charge is 0.373 e. The summed E-state index contributed by atoms with van der Waals surface area (Å²) in [5.41, 5.74) is 4.55. The SMILES string of the molecule is CC(C)(C)NC(CCC(=O)NCC(COC(C)(C)C)OC(C)(C)C)C(N)=O. The van der Waals surface area contributed by atoms with Gasteiger partial charge in [-0.1, -0.05) is 0 Å². The van der Waals surface area contributed by atoms with Gasteiger partial charge in [-0.05, 0) is 68.7 Å². The summed E-state index contributed by atoms with van der Waals surface area (Å²) in [4.78, 5) is 23.8. The maximum absolute atomic E-state index is 12.2. The summed E-state index contributed by atoms with van der Waals surface area (Å²) >= 11 is 0. The first-order valence-corrected chi connectivity index (χ1v) is 9.64. The highest BCUT2D eigenvalue weighted by Gasteiger charge is 2.24. The normalized spacial score (nSPS) is 15.3. The summed E-state index contributed by atoms with van der Waals surface area (Å²) in [7, 11) is 0. The lowest BCUT2D eigenvalue weighted by Gasteiger charge is -2.30. The number of hydrogen-bond donors (Lipinski definition) is 3. The van der Waals surface area contributed by atoms with Gasteiger partial charge in [-0.25, -0.2) is 0 Å². The Hall–Kier alpha value is -1.18. The Kier molecular flexibility index (Phi) is 9.93. The molecule has 0 aliphatic carbocycles. The zero-order valence-electron chi connectivity index (χ0n) is 18.7. The number of carbonyl (C=O) groups excluding carboxylic acids is 2. The second-order valence-corrected chi connectivity index (χ2v) is 9.97. The number of carbonyl (C=O) groups is 2. The predicted octanol–water partition coefficient (Wildman–Crippen LogP) is 2.12. The summed E-state index contributed by atoms with van der Waals surface area (Å²) in [6, 6.07) is -0.540. The molecule has 0 aromatic carbocycles. The van der Waals surface area contributed by atoms with Gasteiger partial charge >= 0.3 is 0 Å². The van der Waals surface area contributed by atoms with E-state index in [1.807, 2.05) is 62.3 Å². The summed E-state index contributed by atoms with van der Waals surface area (Å²) in [5, 5.41) is 6.02. The number of primary amides is 1. The van der Waals surface area contributed by atoms with Crippen LogP contribution in [-0.2, 0) is 19.1 Å². The average Bonchev–Trinajstić information content (AvgIpc) is 2.42. The fourth-order valence-corrected chi connectivity index (χ4v) is 2.38. The van der Waals surface area contributed by atoms with Crippen LogP contribution in [0.2, 0.25) is 0 Å². The molecule has 0 heterocycles. The van der Waals surface area contributed by atoms with Gasteiger partial charge in [0.05, 0.1) is 30.0 Å². The number of nitrogens with one attached hydrogen (secondary N) is 2. The van der Waals surface area contributed by atoms with E-state index < -0.39 is 11.9 Å². The number of amides is 2. The van der Waals surface area contributed by atoms with E-state index in [0.717, 1.165) is 0 Å². The fourth-order valence-electron chi connectivity index (χ4n) is 2.38. The highest BCUT2D eigenvalue weighted by atomic mass is 16.6. The van der Waals surface area contributed by atoms with Crippen LogP contribution in [0.1, 0.15) is 75.2 Å². The van der Waals surface area contributed by atoms with Crippen LogP contribution in [0.25, 0.3) is 0 Å². The molecular weight excluding hydrogens is 346 g/mol. The van der Waals surface area contributed by atoms with Crippen LogP contribution in [0.15, 0.2) is 0 Å². The number of rotatable bonds is 10. The van der Waals surface area contributed by atoms with Crippen molar-refractivity contribution in [1.29, 1.82) is 0 Å². The molecule has 7 heteroatoms. The van der Waals surface area contributed by atoms with Crippen molar-refractivity contribution >= 4 is 11.8 Å². The minimum absolute atomic E-state index is 0.143. The molecule has 0 rings (SSSR count). The van der Waals surface area contributed by atoms with Gasteiger partial charge in [0.15, 0.2) is 0 Å². The van der Waals surface area contributed by atoms with Crippen molar-refractivity contribution in [1.82, 2.24) is 10.6 Å². The summed E-state index contributed by atoms with van der Waals surface area (Å²) in [5.74, 6) is -0.597. The Morgan fingerprint density at radius 3 is 1.93 bits per heavy atom. The van der Waals surface area contributed by atoms with E-state index >= 15 is 0 Å². The van der Waals surface area contributed by atoms with Crippen LogP contribution in [0.3, 0.4) is 0 Å². The van der Waals surface area contributed by atoms with Crippen molar-refractivity contribution in [3.05, 3.63) is 0 Å². The molecule has 0 fully saturated rings. The van der Waals surface area contributed by atoms with Gasteiger partial charge < -0.3 is 25.8 Å². The van der Waals surface area contributed by atoms with E-state index in [-0.39, 0.29) is 35.2 Å². The summed E-state index contributed by atoms with van der Waals surface area (Å²) in [6.45, 7) is 18.4. The first kappa shape index (κ1) is 25.8. The Morgan fingerprint density at radius 2 is 1.52 bits per heavy atom. The molecule has 160 valence electrons. The van der Waals surface area contributed by atoms with E-state index in [0.29, 0.717) is 19.6 Å². The number of ether oxygens (including phenoxy) is 2. The third-order valence-electron chi connectivity index (χ3n) is 3.36. The lowest BCUT2D eigenvalue weighted by atomic mass is 10.0. The van der Waals surface area contributed by atoms with Gasteiger partial charge in [-0.2, -0.15) is 0 Å². The van der Waals surface area contributed by atoms with Gasteiger partial charge in [-0.3, -0.25) is 9.59 Å². The molecular formula is C20H41N3O4. The lowest BCUT2D eigenvalue weighted by molar-refractivity contribution is -0.129. The highest BCUT2D eigenvalue weighted by molar-refractivity contribution is 5.81. The molecule has 0 bridgehead atoms. The van der Waals surface area contributed by atoms with E-state index in [1.54, 1.807) is 0 Å². The Labute approximate surface area is 165 Å². The van der Waals surface area contributed by atoms with Gasteiger partial charge in [0.25, 0.3) is 0 Å². The second-order valence-electron chi connectivity index (χ2n) is 9.97. The predicted molar refractivity (Wildman–Crippen MR) is 108 cm³/mol. The standard InChI is InChI=1S/C20H41N3O4/c1-18(2,3)23-15(17(21)25)10-11-16(24)22-12-14(27-20(7,8)9)13-26-19(4,5)6/h14-15,23H,10-13H2,1-9H3,(H2,21,25)(H,22,24). The van der Waals surface area contributed by atoms with Crippen LogP contribution < -0.4 is 16.4 Å². The molecule has 0 aliphatic rings. The second kappa shape index (κ2) is 10.4. The first-order valence-electron chi connectivity index (χ1n) is 9.64. The maximum Gasteiger partial charge on any atom is 0.234 e. The van der Waals surface area contributed by atoms with E-state index in [1.165, 1.54) is 0 Å². The molecule has 27 heavy (non-hydrogen) atoms. The highest BCUT2D eigenvalue weighted by Crippen LogP contribution is 2.14. The number of nitrogens with two attached hydrogens (primary N) is 1. The van der Waals surface area contributed by atoms with E-state index in [2.05, 4.69) is 10.6 Å². The van der Waals surface area contributed by atoms with E-state index in [4.69, 9.17) is 15.2 Å². The Bertz CT molecular complexity index is 473. The smallest absolute Gasteiger partial charge is 0.234 e. The molecule has 0 saturated heterocycles. The van der Waals surface area contributed by atoms with Gasteiger partial charge in [0, 0.05) is 18.5 Å². The third kappa shape index (κ3) is 15.6. The molecule has 0 saturated carbocycles. The van der Waals surface area contributed by atoms with Crippen LogP contribution in [0, 0.1) is 0 Å². The van der Waals surface area contributed by atoms with Crippen molar-refractivity contribution in [2.75, 3.05) is 13.2 Å². The number of hydrogen-bond acceptors (Lipinski definition) is 5. The molecule has 2 unspecified atom stereocenters. The Morgan fingerprint density at radius 1 is 0.963 bits per heavy atom. The van der Waals surface area contributed by atoms with Gasteiger partial charge in [0.1, 0.15) is 0 Å². The first-order chi connectivity index (χ1) is 12.0. The van der Waals surface area contributed by atoms with Crippen molar-refractivity contribution in [2.45, 2.75) is 104 Å². The average molecular weight is 388 g/mol. The molecule has 0 spiro atoms. The van der Waals surface area contributed by atoms with E-state index in [9.17, 15) is 9.59 Å². The molecule has 7 nitrogen and oxygen atoms in total.